The highest BCUT2D eigenvalue weighted by Crippen LogP contribution is 2.25. The van der Waals surface area contributed by atoms with Crippen molar-refractivity contribution in [3.05, 3.63) is 36.9 Å². The summed E-state index contributed by atoms with van der Waals surface area (Å²) in [7, 11) is 1.58. The Bertz CT molecular complexity index is 545. The number of hydrogen-bond donors (Lipinski definition) is 2. The second-order valence-electron chi connectivity index (χ2n) is 4.75. The fraction of sp³-hybridized carbons (Fsp3) is 0.333. The van der Waals surface area contributed by atoms with Gasteiger partial charge in [0, 0.05) is 31.3 Å². The van der Waals surface area contributed by atoms with Gasteiger partial charge in [-0.05, 0) is 12.1 Å². The molecule has 0 unspecified atom stereocenters. The molecule has 1 heterocycles. The van der Waals surface area contributed by atoms with Gasteiger partial charge in [-0.3, -0.25) is 4.79 Å². The van der Waals surface area contributed by atoms with Crippen LogP contribution >= 0.6 is 0 Å². The van der Waals surface area contributed by atoms with Crippen molar-refractivity contribution in [2.45, 2.75) is 12.5 Å². The van der Waals surface area contributed by atoms with E-state index in [4.69, 9.17) is 4.74 Å². The molecule has 2 rings (SSSR count). The first-order valence-electron chi connectivity index (χ1n) is 6.73. The molecule has 0 aliphatic carbocycles. The van der Waals surface area contributed by atoms with Gasteiger partial charge in [-0.1, -0.05) is 12.1 Å². The molecule has 2 N–H and O–H groups in total. The van der Waals surface area contributed by atoms with Crippen molar-refractivity contribution in [1.82, 2.24) is 10.6 Å². The van der Waals surface area contributed by atoms with E-state index in [9.17, 15) is 9.59 Å². The molecule has 21 heavy (non-hydrogen) atoms. The maximum atomic E-state index is 12.1. The molecule has 0 aromatic heterocycles. The van der Waals surface area contributed by atoms with Crippen LogP contribution < -0.4 is 20.3 Å². The fourth-order valence-electron chi connectivity index (χ4n) is 2.23. The van der Waals surface area contributed by atoms with E-state index < -0.39 is 0 Å². The summed E-state index contributed by atoms with van der Waals surface area (Å²) in [6.45, 7) is 4.37. The van der Waals surface area contributed by atoms with Gasteiger partial charge in [0.2, 0.25) is 5.91 Å². The standard InChI is InChI=1S/C15H19N3O3/c1-3-7-16-15(20)17-11-8-14(19)18(10-11)12-5-4-6-13(9-12)21-2/h3-6,9,11H,1,7-8,10H2,2H3,(H2,16,17,20)/t11-/m1/s1. The van der Waals surface area contributed by atoms with Crippen molar-refractivity contribution in [3.63, 3.8) is 0 Å². The lowest BCUT2D eigenvalue weighted by Gasteiger charge is -2.18. The lowest BCUT2D eigenvalue weighted by atomic mass is 10.2. The molecule has 6 nitrogen and oxygen atoms in total. The molecule has 1 fully saturated rings. The zero-order chi connectivity index (χ0) is 15.2. The van der Waals surface area contributed by atoms with E-state index in [-0.39, 0.29) is 18.0 Å². The van der Waals surface area contributed by atoms with Gasteiger partial charge < -0.3 is 20.3 Å². The third-order valence-corrected chi connectivity index (χ3v) is 3.23. The van der Waals surface area contributed by atoms with Crippen LogP contribution in [0.3, 0.4) is 0 Å². The Labute approximate surface area is 123 Å². The van der Waals surface area contributed by atoms with Crippen LogP contribution in [0.25, 0.3) is 0 Å². The third-order valence-electron chi connectivity index (χ3n) is 3.23. The summed E-state index contributed by atoms with van der Waals surface area (Å²) in [5, 5.41) is 5.41. The van der Waals surface area contributed by atoms with Gasteiger partial charge in [-0.2, -0.15) is 0 Å². The van der Waals surface area contributed by atoms with Gasteiger partial charge in [0.25, 0.3) is 0 Å². The Balaban J connectivity index is 1.99. The van der Waals surface area contributed by atoms with Crippen LogP contribution in [0, 0.1) is 0 Å². The Morgan fingerprint density at radius 3 is 3.10 bits per heavy atom. The number of carbonyl (C=O) groups excluding carboxylic acids is 2. The predicted molar refractivity (Wildman–Crippen MR) is 80.5 cm³/mol. The smallest absolute Gasteiger partial charge is 0.315 e. The van der Waals surface area contributed by atoms with Crippen molar-refractivity contribution < 1.29 is 14.3 Å². The van der Waals surface area contributed by atoms with Crippen LogP contribution in [0.4, 0.5) is 10.5 Å². The second kappa shape index (κ2) is 6.78. The first-order valence-corrected chi connectivity index (χ1v) is 6.73. The summed E-state index contributed by atoms with van der Waals surface area (Å²) in [4.78, 5) is 25.3. The minimum absolute atomic E-state index is 0.0164. The summed E-state index contributed by atoms with van der Waals surface area (Å²) >= 11 is 0. The van der Waals surface area contributed by atoms with E-state index in [1.807, 2.05) is 18.2 Å². The highest BCUT2D eigenvalue weighted by Gasteiger charge is 2.31. The number of hydrogen-bond acceptors (Lipinski definition) is 3. The second-order valence-corrected chi connectivity index (χ2v) is 4.75. The molecule has 1 aliphatic rings. The monoisotopic (exact) mass is 289 g/mol. The number of anilines is 1. The Hall–Kier alpha value is -2.50. The number of ether oxygens (including phenoxy) is 1. The molecule has 1 atom stereocenters. The third kappa shape index (κ3) is 3.75. The quantitative estimate of drug-likeness (QED) is 0.802. The van der Waals surface area contributed by atoms with E-state index >= 15 is 0 Å². The first-order chi connectivity index (χ1) is 10.1. The highest BCUT2D eigenvalue weighted by molar-refractivity contribution is 5.97. The molecule has 0 bridgehead atoms. The summed E-state index contributed by atoms with van der Waals surface area (Å²) in [5.74, 6) is 0.678. The Morgan fingerprint density at radius 2 is 2.38 bits per heavy atom. The highest BCUT2D eigenvalue weighted by atomic mass is 16.5. The van der Waals surface area contributed by atoms with Gasteiger partial charge >= 0.3 is 6.03 Å². The van der Waals surface area contributed by atoms with Crippen molar-refractivity contribution in [1.29, 1.82) is 0 Å². The summed E-state index contributed by atoms with van der Waals surface area (Å²) in [6.07, 6.45) is 1.89. The maximum absolute atomic E-state index is 12.1. The van der Waals surface area contributed by atoms with Gasteiger partial charge in [0.05, 0.1) is 13.2 Å². The van der Waals surface area contributed by atoms with Gasteiger partial charge in [0.1, 0.15) is 5.75 Å². The van der Waals surface area contributed by atoms with Crippen molar-refractivity contribution in [2.75, 3.05) is 25.1 Å². The van der Waals surface area contributed by atoms with Crippen LogP contribution in [0.2, 0.25) is 0 Å². The van der Waals surface area contributed by atoms with E-state index in [0.717, 1.165) is 5.69 Å². The van der Waals surface area contributed by atoms with Gasteiger partial charge in [0.15, 0.2) is 0 Å². The largest absolute Gasteiger partial charge is 0.497 e. The zero-order valence-electron chi connectivity index (χ0n) is 12.0. The number of rotatable bonds is 5. The number of nitrogens with one attached hydrogen (secondary N) is 2. The summed E-state index contributed by atoms with van der Waals surface area (Å²) < 4.78 is 5.16. The topological polar surface area (TPSA) is 70.7 Å². The molecule has 1 aromatic carbocycles. The number of amides is 3. The molecule has 112 valence electrons. The maximum Gasteiger partial charge on any atom is 0.315 e. The number of methoxy groups -OCH3 is 1. The fourth-order valence-corrected chi connectivity index (χ4v) is 2.23. The molecule has 1 aromatic rings. The summed E-state index contributed by atoms with van der Waals surface area (Å²) in [6, 6.07) is 6.81. The Morgan fingerprint density at radius 1 is 1.57 bits per heavy atom. The van der Waals surface area contributed by atoms with Crippen LogP contribution in [0.5, 0.6) is 5.75 Å². The Kier molecular flexibility index (Phi) is 4.81. The lowest BCUT2D eigenvalue weighted by molar-refractivity contribution is -0.117. The molecular formula is C15H19N3O3. The number of urea groups is 1. The van der Waals surface area contributed by atoms with E-state index in [1.165, 1.54) is 0 Å². The normalized spacial score (nSPS) is 17.5. The molecule has 0 spiro atoms. The number of carbonyl (C=O) groups is 2. The SMILES string of the molecule is C=CCNC(=O)N[C@@H]1CC(=O)N(c2cccc(OC)c2)C1. The van der Waals surface area contributed by atoms with Crippen LogP contribution in [0.1, 0.15) is 6.42 Å². The number of nitrogens with zero attached hydrogens (tertiary/aromatic N) is 1. The molecular weight excluding hydrogens is 270 g/mol. The van der Waals surface area contributed by atoms with Crippen LogP contribution in [-0.4, -0.2) is 38.2 Å². The van der Waals surface area contributed by atoms with E-state index in [1.54, 1.807) is 24.2 Å². The molecule has 1 saturated heterocycles. The molecule has 0 radical (unpaired) electrons. The first kappa shape index (κ1) is 14.9. The van der Waals surface area contributed by atoms with Crippen LogP contribution in [-0.2, 0) is 4.79 Å². The van der Waals surface area contributed by atoms with E-state index in [0.29, 0.717) is 25.3 Å². The average Bonchev–Trinajstić information content (AvgIpc) is 2.85. The molecule has 6 heteroatoms. The number of benzene rings is 1. The molecule has 0 saturated carbocycles. The molecule has 3 amide bonds. The van der Waals surface area contributed by atoms with E-state index in [2.05, 4.69) is 17.2 Å². The zero-order valence-corrected chi connectivity index (χ0v) is 12.0. The lowest BCUT2D eigenvalue weighted by Crippen LogP contribution is -2.43. The predicted octanol–water partition coefficient (Wildman–Crippen LogP) is 1.29. The van der Waals surface area contributed by atoms with Gasteiger partial charge in [-0.25, -0.2) is 4.79 Å². The van der Waals surface area contributed by atoms with Gasteiger partial charge in [-0.15, -0.1) is 6.58 Å². The minimum atomic E-state index is -0.291. The molecule has 1 aliphatic heterocycles. The van der Waals surface area contributed by atoms with Crippen molar-refractivity contribution in [2.24, 2.45) is 0 Å². The van der Waals surface area contributed by atoms with Crippen LogP contribution in [0.15, 0.2) is 36.9 Å². The average molecular weight is 289 g/mol. The minimum Gasteiger partial charge on any atom is -0.497 e. The van der Waals surface area contributed by atoms with Crippen molar-refractivity contribution in [3.8, 4) is 5.75 Å². The summed E-state index contributed by atoms with van der Waals surface area (Å²) in [5.41, 5.74) is 0.773. The van der Waals surface area contributed by atoms with Crippen molar-refractivity contribution >= 4 is 17.6 Å².